The van der Waals surface area contributed by atoms with Gasteiger partial charge in [-0.15, -0.1) is 0 Å². The first-order valence-electron chi connectivity index (χ1n) is 9.22. The average molecular weight is 368 g/mol. The zero-order chi connectivity index (χ0) is 19.3. The molecule has 1 atom stereocenters. The van der Waals surface area contributed by atoms with Crippen LogP contribution >= 0.6 is 0 Å². The molecule has 0 aromatic heterocycles. The molecule has 0 fully saturated rings. The maximum atomic E-state index is 11.7. The highest BCUT2D eigenvalue weighted by Crippen LogP contribution is 2.27. The molecule has 138 valence electrons. The fourth-order valence-corrected chi connectivity index (χ4v) is 3.33. The Kier molecular flexibility index (Phi) is 5.07. The van der Waals surface area contributed by atoms with Crippen molar-refractivity contribution in [3.8, 4) is 11.5 Å². The van der Waals surface area contributed by atoms with Crippen LogP contribution in [0.25, 0.3) is 10.8 Å². The van der Waals surface area contributed by atoms with E-state index in [4.69, 9.17) is 4.74 Å². The number of fused-ring (bicyclic) bond motifs is 1. The van der Waals surface area contributed by atoms with Crippen molar-refractivity contribution in [2.24, 2.45) is 0 Å². The van der Waals surface area contributed by atoms with E-state index in [1.54, 1.807) is 0 Å². The third-order valence-electron chi connectivity index (χ3n) is 4.82. The Balaban J connectivity index is 1.49. The van der Waals surface area contributed by atoms with Gasteiger partial charge in [-0.2, -0.15) is 0 Å². The largest absolute Gasteiger partial charge is 0.481 e. The predicted octanol–water partition coefficient (Wildman–Crippen LogP) is 6.04. The lowest BCUT2D eigenvalue weighted by Gasteiger charge is -2.13. The molecule has 4 aromatic carbocycles. The van der Waals surface area contributed by atoms with E-state index < -0.39 is 11.9 Å². The van der Waals surface area contributed by atoms with Crippen LogP contribution in [0.15, 0.2) is 97.1 Å². The molecule has 0 aliphatic rings. The van der Waals surface area contributed by atoms with Gasteiger partial charge in [-0.3, -0.25) is 4.79 Å². The Hall–Kier alpha value is -3.59. The van der Waals surface area contributed by atoms with Crippen LogP contribution in [0.3, 0.4) is 0 Å². The molecule has 3 nitrogen and oxygen atoms in total. The number of rotatable bonds is 6. The molecule has 1 N–H and O–H groups in total. The lowest BCUT2D eigenvalue weighted by Crippen LogP contribution is -2.14. The quantitative estimate of drug-likeness (QED) is 0.451. The molecular formula is C25H20O3. The molecule has 0 aliphatic carbocycles. The minimum absolute atomic E-state index is 0.440. The van der Waals surface area contributed by atoms with Crippen molar-refractivity contribution in [3.05, 3.63) is 108 Å². The van der Waals surface area contributed by atoms with E-state index in [2.05, 4.69) is 12.1 Å². The van der Waals surface area contributed by atoms with Crippen molar-refractivity contribution in [2.75, 3.05) is 0 Å². The smallest absolute Gasteiger partial charge is 0.311 e. The molecule has 1 unspecified atom stereocenters. The number of carboxylic acids is 1. The van der Waals surface area contributed by atoms with E-state index in [0.29, 0.717) is 6.42 Å². The van der Waals surface area contributed by atoms with Crippen LogP contribution in [0.4, 0.5) is 0 Å². The number of aliphatic carboxylic acids is 1. The molecule has 0 heterocycles. The topological polar surface area (TPSA) is 46.5 Å². The number of hydrogen-bond donors (Lipinski definition) is 1. The minimum Gasteiger partial charge on any atom is -0.481 e. The van der Waals surface area contributed by atoms with Crippen molar-refractivity contribution in [3.63, 3.8) is 0 Å². The van der Waals surface area contributed by atoms with E-state index in [1.165, 1.54) is 5.39 Å². The van der Waals surface area contributed by atoms with E-state index >= 15 is 0 Å². The average Bonchev–Trinajstić information content (AvgIpc) is 2.73. The zero-order valence-electron chi connectivity index (χ0n) is 15.3. The summed E-state index contributed by atoms with van der Waals surface area (Å²) >= 11 is 0. The van der Waals surface area contributed by atoms with E-state index in [9.17, 15) is 9.90 Å². The Morgan fingerprint density at radius 3 is 2.11 bits per heavy atom. The molecule has 3 heteroatoms. The highest BCUT2D eigenvalue weighted by atomic mass is 16.5. The van der Waals surface area contributed by atoms with Crippen molar-refractivity contribution >= 4 is 16.7 Å². The number of carboxylic acid groups (broad SMARTS) is 1. The molecule has 0 spiro atoms. The summed E-state index contributed by atoms with van der Waals surface area (Å²) in [6.07, 6.45) is 0.440. The lowest BCUT2D eigenvalue weighted by molar-refractivity contribution is -0.138. The third kappa shape index (κ3) is 4.04. The van der Waals surface area contributed by atoms with Crippen molar-refractivity contribution in [1.29, 1.82) is 0 Å². The number of benzene rings is 4. The highest BCUT2D eigenvalue weighted by molar-refractivity contribution is 5.83. The Bertz CT molecular complexity index is 1090. The number of ether oxygens (including phenoxy) is 1. The first-order chi connectivity index (χ1) is 13.7. The van der Waals surface area contributed by atoms with Crippen LogP contribution < -0.4 is 4.74 Å². The molecule has 0 saturated heterocycles. The number of hydrogen-bond acceptors (Lipinski definition) is 2. The standard InChI is InChI=1S/C25H20O3/c26-25(27)24(20-7-2-1-3-8-20)16-18-10-13-22(14-11-18)28-23-15-12-19-6-4-5-9-21(19)17-23/h1-15,17,24H,16H2,(H,26,27). The summed E-state index contributed by atoms with van der Waals surface area (Å²) in [5.74, 6) is 0.126. The molecule has 0 amide bonds. The van der Waals surface area contributed by atoms with Gasteiger partial charge < -0.3 is 9.84 Å². The fourth-order valence-electron chi connectivity index (χ4n) is 3.33. The Morgan fingerprint density at radius 1 is 0.750 bits per heavy atom. The van der Waals surface area contributed by atoms with Crippen molar-refractivity contribution < 1.29 is 14.6 Å². The second kappa shape index (κ2) is 7.97. The zero-order valence-corrected chi connectivity index (χ0v) is 15.3. The van der Waals surface area contributed by atoms with Gasteiger partial charge in [-0.25, -0.2) is 0 Å². The van der Waals surface area contributed by atoms with E-state index in [0.717, 1.165) is 28.0 Å². The van der Waals surface area contributed by atoms with Gasteiger partial charge in [-0.1, -0.05) is 72.8 Å². The minimum atomic E-state index is -0.817. The summed E-state index contributed by atoms with van der Waals surface area (Å²) in [6, 6.07) is 31.1. The highest BCUT2D eigenvalue weighted by Gasteiger charge is 2.20. The summed E-state index contributed by atoms with van der Waals surface area (Å²) in [5, 5.41) is 11.9. The van der Waals surface area contributed by atoms with E-state index in [-0.39, 0.29) is 0 Å². The number of carbonyl (C=O) groups is 1. The first-order valence-corrected chi connectivity index (χ1v) is 9.22. The van der Waals surface area contributed by atoms with Crippen LogP contribution in [-0.2, 0) is 11.2 Å². The molecule has 0 bridgehead atoms. The summed E-state index contributed by atoms with van der Waals surface area (Å²) in [6.45, 7) is 0. The summed E-state index contributed by atoms with van der Waals surface area (Å²) in [7, 11) is 0. The molecule has 4 aromatic rings. The first kappa shape index (κ1) is 17.8. The monoisotopic (exact) mass is 368 g/mol. The fraction of sp³-hybridized carbons (Fsp3) is 0.0800. The van der Waals surface area contributed by atoms with Gasteiger partial charge in [0.05, 0.1) is 5.92 Å². The van der Waals surface area contributed by atoms with Gasteiger partial charge in [0.15, 0.2) is 0 Å². The van der Waals surface area contributed by atoms with Crippen LogP contribution in [-0.4, -0.2) is 11.1 Å². The SMILES string of the molecule is O=C(O)C(Cc1ccc(Oc2ccc3ccccc3c2)cc1)c1ccccc1. The molecule has 0 aliphatic heterocycles. The molecule has 0 saturated carbocycles. The molecule has 4 rings (SSSR count). The van der Waals surface area contributed by atoms with Crippen LogP contribution in [0.1, 0.15) is 17.0 Å². The van der Waals surface area contributed by atoms with Gasteiger partial charge in [0.25, 0.3) is 0 Å². The van der Waals surface area contributed by atoms with Gasteiger partial charge in [0, 0.05) is 0 Å². The van der Waals surface area contributed by atoms with Crippen LogP contribution in [0.2, 0.25) is 0 Å². The normalized spacial score (nSPS) is 11.9. The van der Waals surface area contributed by atoms with Gasteiger partial charge in [0.2, 0.25) is 0 Å². The molecule has 28 heavy (non-hydrogen) atoms. The summed E-state index contributed by atoms with van der Waals surface area (Å²) in [4.78, 5) is 11.7. The Morgan fingerprint density at radius 2 is 1.39 bits per heavy atom. The van der Waals surface area contributed by atoms with Crippen molar-refractivity contribution in [2.45, 2.75) is 12.3 Å². The van der Waals surface area contributed by atoms with Gasteiger partial charge in [0.1, 0.15) is 11.5 Å². The Labute approximate surface area is 163 Å². The van der Waals surface area contributed by atoms with Gasteiger partial charge in [-0.05, 0) is 52.6 Å². The maximum absolute atomic E-state index is 11.7. The second-order valence-corrected chi connectivity index (χ2v) is 6.76. The second-order valence-electron chi connectivity index (χ2n) is 6.76. The predicted molar refractivity (Wildman–Crippen MR) is 111 cm³/mol. The van der Waals surface area contributed by atoms with E-state index in [1.807, 2.05) is 84.9 Å². The van der Waals surface area contributed by atoms with Crippen molar-refractivity contribution in [1.82, 2.24) is 0 Å². The molecular weight excluding hydrogens is 348 g/mol. The lowest BCUT2D eigenvalue weighted by atomic mass is 9.92. The van der Waals surface area contributed by atoms with Crippen LogP contribution in [0, 0.1) is 0 Å². The summed E-state index contributed by atoms with van der Waals surface area (Å²) in [5.41, 5.74) is 1.77. The van der Waals surface area contributed by atoms with Gasteiger partial charge >= 0.3 is 5.97 Å². The third-order valence-corrected chi connectivity index (χ3v) is 4.82. The molecule has 0 radical (unpaired) electrons. The summed E-state index contributed by atoms with van der Waals surface area (Å²) < 4.78 is 5.96. The maximum Gasteiger partial charge on any atom is 0.311 e. The van der Waals surface area contributed by atoms with Crippen LogP contribution in [0.5, 0.6) is 11.5 Å².